The second kappa shape index (κ2) is 9.88. The highest BCUT2D eigenvalue weighted by Gasteiger charge is 2.24. The third-order valence-electron chi connectivity index (χ3n) is 3.68. The Morgan fingerprint density at radius 3 is 2.33 bits per heavy atom. The molecule has 2 rings (SSSR count). The molecule has 5 nitrogen and oxygen atoms in total. The summed E-state index contributed by atoms with van der Waals surface area (Å²) < 4.78 is 0.952. The average molecular weight is 471 g/mol. The fourth-order valence-corrected chi connectivity index (χ4v) is 2.75. The Morgan fingerprint density at radius 2 is 1.74 bits per heavy atom. The Bertz CT molecular complexity index is 855. The van der Waals surface area contributed by atoms with Gasteiger partial charge in [0.1, 0.15) is 6.04 Å². The van der Waals surface area contributed by atoms with Crippen LogP contribution in [-0.2, 0) is 4.79 Å². The monoisotopic (exact) mass is 469 g/mol. The van der Waals surface area contributed by atoms with E-state index in [4.69, 9.17) is 23.2 Å². The molecule has 0 saturated heterocycles. The van der Waals surface area contributed by atoms with Crippen molar-refractivity contribution in [2.75, 3.05) is 0 Å². The second-order valence-corrected chi connectivity index (χ2v) is 7.84. The number of hydrazone groups is 1. The lowest BCUT2D eigenvalue weighted by molar-refractivity contribution is -0.123. The van der Waals surface area contributed by atoms with Crippen LogP contribution in [0.15, 0.2) is 52.0 Å². The molecule has 142 valence electrons. The van der Waals surface area contributed by atoms with Gasteiger partial charge in [-0.2, -0.15) is 5.10 Å². The highest BCUT2D eigenvalue weighted by molar-refractivity contribution is 9.10. The fraction of sp³-hybridized carbons (Fsp3) is 0.211. The molecule has 2 N–H and O–H groups in total. The van der Waals surface area contributed by atoms with Crippen LogP contribution in [-0.4, -0.2) is 24.1 Å². The van der Waals surface area contributed by atoms with Crippen LogP contribution in [0.2, 0.25) is 10.0 Å². The molecule has 0 radical (unpaired) electrons. The summed E-state index contributed by atoms with van der Waals surface area (Å²) >= 11 is 15.2. The molecule has 0 aliphatic heterocycles. The molecule has 0 aromatic heterocycles. The Kier molecular flexibility index (Phi) is 7.83. The van der Waals surface area contributed by atoms with Crippen molar-refractivity contribution in [2.45, 2.75) is 19.9 Å². The lowest BCUT2D eigenvalue weighted by Crippen LogP contribution is -2.48. The molecule has 2 aromatic rings. The predicted octanol–water partition coefficient (Wildman–Crippen LogP) is 4.66. The van der Waals surface area contributed by atoms with E-state index in [1.807, 2.05) is 38.1 Å². The summed E-state index contributed by atoms with van der Waals surface area (Å²) in [6, 6.07) is 11.2. The molecule has 2 amide bonds. The Morgan fingerprint density at radius 1 is 1.07 bits per heavy atom. The average Bonchev–Trinajstić information content (AvgIpc) is 2.63. The van der Waals surface area contributed by atoms with Gasteiger partial charge in [0.25, 0.3) is 11.8 Å². The largest absolute Gasteiger partial charge is 0.340 e. The number of nitrogens with zero attached hydrogens (tertiary/aromatic N) is 1. The van der Waals surface area contributed by atoms with Gasteiger partial charge < -0.3 is 5.32 Å². The molecular formula is C19H18BrCl2N3O2. The summed E-state index contributed by atoms with van der Waals surface area (Å²) in [5.74, 6) is -0.967. The normalized spacial score (nSPS) is 12.2. The van der Waals surface area contributed by atoms with Crippen molar-refractivity contribution < 1.29 is 9.59 Å². The van der Waals surface area contributed by atoms with Crippen LogP contribution in [0, 0.1) is 5.92 Å². The zero-order chi connectivity index (χ0) is 20.0. The molecule has 27 heavy (non-hydrogen) atoms. The molecule has 0 spiro atoms. The summed E-state index contributed by atoms with van der Waals surface area (Å²) in [6.45, 7) is 3.66. The summed E-state index contributed by atoms with van der Waals surface area (Å²) in [4.78, 5) is 24.8. The van der Waals surface area contributed by atoms with Crippen molar-refractivity contribution in [3.8, 4) is 0 Å². The summed E-state index contributed by atoms with van der Waals surface area (Å²) in [7, 11) is 0. The van der Waals surface area contributed by atoms with E-state index in [2.05, 4.69) is 31.8 Å². The first-order valence-electron chi connectivity index (χ1n) is 8.12. The van der Waals surface area contributed by atoms with Crippen LogP contribution in [0.25, 0.3) is 0 Å². The molecule has 2 aromatic carbocycles. The standard InChI is InChI=1S/C19H18BrCl2N3O2/c1-11(2)17(24-18(26)13-5-8-15(21)16(22)9-13)19(27)25-23-10-12-3-6-14(20)7-4-12/h3-11,17H,1-2H3,(H,24,26)(H,25,27)/b23-10-. The van der Waals surface area contributed by atoms with Gasteiger partial charge in [0.15, 0.2) is 0 Å². The number of rotatable bonds is 6. The summed E-state index contributed by atoms with van der Waals surface area (Å²) in [5, 5.41) is 7.28. The van der Waals surface area contributed by atoms with Gasteiger partial charge in [-0.3, -0.25) is 9.59 Å². The fourth-order valence-electron chi connectivity index (χ4n) is 2.19. The highest BCUT2D eigenvalue weighted by Crippen LogP contribution is 2.22. The van der Waals surface area contributed by atoms with E-state index in [1.54, 1.807) is 6.07 Å². The Balaban J connectivity index is 2.02. The first-order chi connectivity index (χ1) is 12.8. The van der Waals surface area contributed by atoms with E-state index >= 15 is 0 Å². The minimum absolute atomic E-state index is 0.139. The van der Waals surface area contributed by atoms with Crippen LogP contribution < -0.4 is 10.7 Å². The molecule has 0 bridgehead atoms. The highest BCUT2D eigenvalue weighted by atomic mass is 79.9. The van der Waals surface area contributed by atoms with Crippen molar-refractivity contribution in [1.82, 2.24) is 10.7 Å². The van der Waals surface area contributed by atoms with Gasteiger partial charge in [0.2, 0.25) is 0 Å². The van der Waals surface area contributed by atoms with Crippen molar-refractivity contribution in [3.05, 3.63) is 68.1 Å². The summed E-state index contributed by atoms with van der Waals surface area (Å²) in [5.41, 5.74) is 3.61. The maximum absolute atomic E-state index is 12.4. The lowest BCUT2D eigenvalue weighted by atomic mass is 10.0. The van der Waals surface area contributed by atoms with E-state index in [9.17, 15) is 9.59 Å². The predicted molar refractivity (Wildman–Crippen MR) is 112 cm³/mol. The van der Waals surface area contributed by atoms with Gasteiger partial charge in [-0.1, -0.05) is 65.1 Å². The number of amides is 2. The third kappa shape index (κ3) is 6.34. The number of hydrogen-bond donors (Lipinski definition) is 2. The smallest absolute Gasteiger partial charge is 0.262 e. The molecule has 0 heterocycles. The van der Waals surface area contributed by atoms with E-state index < -0.39 is 17.9 Å². The van der Waals surface area contributed by atoms with Crippen LogP contribution in [0.4, 0.5) is 0 Å². The molecule has 0 aliphatic rings. The van der Waals surface area contributed by atoms with Gasteiger partial charge in [-0.25, -0.2) is 5.43 Å². The van der Waals surface area contributed by atoms with Crippen molar-refractivity contribution in [3.63, 3.8) is 0 Å². The maximum atomic E-state index is 12.4. The molecule has 8 heteroatoms. The van der Waals surface area contributed by atoms with Crippen LogP contribution in [0.3, 0.4) is 0 Å². The molecular weight excluding hydrogens is 453 g/mol. The van der Waals surface area contributed by atoms with Gasteiger partial charge in [-0.05, 0) is 41.8 Å². The van der Waals surface area contributed by atoms with E-state index in [-0.39, 0.29) is 10.9 Å². The third-order valence-corrected chi connectivity index (χ3v) is 4.94. The van der Waals surface area contributed by atoms with Gasteiger partial charge in [-0.15, -0.1) is 0 Å². The van der Waals surface area contributed by atoms with Crippen molar-refractivity contribution in [1.29, 1.82) is 0 Å². The molecule has 1 unspecified atom stereocenters. The first kappa shape index (κ1) is 21.4. The van der Waals surface area contributed by atoms with Crippen molar-refractivity contribution in [2.24, 2.45) is 11.0 Å². The number of hydrogen-bond acceptors (Lipinski definition) is 3. The number of halogens is 3. The van der Waals surface area contributed by atoms with Crippen LogP contribution in [0.5, 0.6) is 0 Å². The van der Waals surface area contributed by atoms with E-state index in [1.165, 1.54) is 18.3 Å². The molecule has 0 saturated carbocycles. The van der Waals surface area contributed by atoms with Gasteiger partial charge >= 0.3 is 0 Å². The van der Waals surface area contributed by atoms with Crippen LogP contribution >= 0.6 is 39.1 Å². The minimum atomic E-state index is -0.756. The first-order valence-corrected chi connectivity index (χ1v) is 9.67. The Hall–Kier alpha value is -1.89. The quantitative estimate of drug-likeness (QED) is 0.476. The maximum Gasteiger partial charge on any atom is 0.262 e. The number of carbonyl (C=O) groups excluding carboxylic acids is 2. The zero-order valence-corrected chi connectivity index (χ0v) is 17.8. The van der Waals surface area contributed by atoms with Crippen molar-refractivity contribution >= 4 is 57.2 Å². The molecule has 1 atom stereocenters. The number of nitrogens with one attached hydrogen (secondary N) is 2. The number of benzene rings is 2. The van der Waals surface area contributed by atoms with Crippen LogP contribution in [0.1, 0.15) is 29.8 Å². The Labute approximate surface area is 176 Å². The lowest BCUT2D eigenvalue weighted by Gasteiger charge is -2.20. The zero-order valence-electron chi connectivity index (χ0n) is 14.7. The van der Waals surface area contributed by atoms with Gasteiger partial charge in [0, 0.05) is 10.0 Å². The summed E-state index contributed by atoms with van der Waals surface area (Å²) in [6.07, 6.45) is 1.53. The van der Waals surface area contributed by atoms with E-state index in [0.29, 0.717) is 10.6 Å². The SMILES string of the molecule is CC(C)C(NC(=O)c1ccc(Cl)c(Cl)c1)C(=O)N/N=C\c1ccc(Br)cc1. The molecule has 0 aliphatic carbocycles. The minimum Gasteiger partial charge on any atom is -0.340 e. The number of carbonyl (C=O) groups is 2. The topological polar surface area (TPSA) is 70.6 Å². The molecule has 0 fully saturated rings. The second-order valence-electron chi connectivity index (χ2n) is 6.11. The van der Waals surface area contributed by atoms with E-state index in [0.717, 1.165) is 10.0 Å². The van der Waals surface area contributed by atoms with Gasteiger partial charge in [0.05, 0.1) is 16.3 Å².